The Labute approximate surface area is 84.2 Å². The maximum Gasteiger partial charge on any atom is 0.416 e. The van der Waals surface area contributed by atoms with Crippen molar-refractivity contribution in [1.29, 1.82) is 0 Å². The second-order valence-corrected chi connectivity index (χ2v) is 2.87. The second-order valence-electron chi connectivity index (χ2n) is 2.87. The van der Waals surface area contributed by atoms with Gasteiger partial charge in [-0.05, 0) is 18.2 Å². The minimum atomic E-state index is -4.46. The van der Waals surface area contributed by atoms with Crippen molar-refractivity contribution in [3.05, 3.63) is 41.2 Å². The van der Waals surface area contributed by atoms with Gasteiger partial charge in [-0.3, -0.25) is 0 Å². The minimum absolute atomic E-state index is 0.115. The number of nitrogens with two attached hydrogens (primary N) is 1. The minimum Gasteiger partial charge on any atom is -0.327 e. The van der Waals surface area contributed by atoms with E-state index in [0.717, 1.165) is 12.1 Å². The van der Waals surface area contributed by atoms with Crippen LogP contribution >= 0.6 is 0 Å². The Morgan fingerprint density at radius 2 is 1.93 bits per heavy atom. The zero-order valence-electron chi connectivity index (χ0n) is 7.68. The lowest BCUT2D eigenvalue weighted by atomic mass is 10.1. The van der Waals surface area contributed by atoms with Gasteiger partial charge in [0, 0.05) is 12.1 Å². The second kappa shape index (κ2) is 4.44. The summed E-state index contributed by atoms with van der Waals surface area (Å²) >= 11 is 0. The summed E-state index contributed by atoms with van der Waals surface area (Å²) in [4.78, 5) is 0. The van der Waals surface area contributed by atoms with Crippen LogP contribution in [0.25, 0.3) is 6.08 Å². The van der Waals surface area contributed by atoms with Crippen molar-refractivity contribution in [2.45, 2.75) is 6.18 Å². The van der Waals surface area contributed by atoms with Gasteiger partial charge in [0.25, 0.3) is 0 Å². The maximum atomic E-state index is 13.0. The molecule has 0 aromatic heterocycles. The van der Waals surface area contributed by atoms with E-state index in [-0.39, 0.29) is 12.1 Å². The molecule has 1 nitrogen and oxygen atoms in total. The van der Waals surface area contributed by atoms with Crippen molar-refractivity contribution in [2.24, 2.45) is 5.73 Å². The van der Waals surface area contributed by atoms with Crippen LogP contribution in [0.5, 0.6) is 0 Å². The molecule has 0 saturated carbocycles. The number of alkyl halides is 3. The number of rotatable bonds is 2. The fraction of sp³-hybridized carbons (Fsp3) is 0.200. The highest BCUT2D eigenvalue weighted by molar-refractivity contribution is 5.51. The zero-order chi connectivity index (χ0) is 11.5. The molecule has 0 aliphatic rings. The summed E-state index contributed by atoms with van der Waals surface area (Å²) in [5, 5.41) is 0. The van der Waals surface area contributed by atoms with Gasteiger partial charge >= 0.3 is 6.18 Å². The van der Waals surface area contributed by atoms with Crippen molar-refractivity contribution in [2.75, 3.05) is 6.54 Å². The monoisotopic (exact) mass is 219 g/mol. The van der Waals surface area contributed by atoms with E-state index in [2.05, 4.69) is 0 Å². The van der Waals surface area contributed by atoms with E-state index < -0.39 is 17.6 Å². The maximum absolute atomic E-state index is 13.0. The Morgan fingerprint density at radius 1 is 1.27 bits per heavy atom. The molecule has 0 aliphatic carbocycles. The Morgan fingerprint density at radius 3 is 2.47 bits per heavy atom. The van der Waals surface area contributed by atoms with Crippen LogP contribution in [0, 0.1) is 5.82 Å². The van der Waals surface area contributed by atoms with Gasteiger partial charge in [-0.1, -0.05) is 12.2 Å². The highest BCUT2D eigenvalue weighted by Gasteiger charge is 2.30. The van der Waals surface area contributed by atoms with E-state index in [1.165, 1.54) is 12.2 Å². The molecule has 0 aliphatic heterocycles. The Bertz CT molecular complexity index is 368. The predicted molar refractivity (Wildman–Crippen MR) is 49.5 cm³/mol. The number of hydrogen-bond acceptors (Lipinski definition) is 1. The summed E-state index contributed by atoms with van der Waals surface area (Å²) < 4.78 is 49.8. The van der Waals surface area contributed by atoms with Crippen molar-refractivity contribution in [3.63, 3.8) is 0 Å². The molecule has 0 spiro atoms. The molecular weight excluding hydrogens is 210 g/mol. The van der Waals surface area contributed by atoms with Crippen LogP contribution in [0.15, 0.2) is 24.3 Å². The fourth-order valence-electron chi connectivity index (χ4n) is 1.04. The smallest absolute Gasteiger partial charge is 0.327 e. The molecule has 1 aromatic carbocycles. The lowest BCUT2D eigenvalue weighted by Gasteiger charge is -2.07. The first-order valence-electron chi connectivity index (χ1n) is 4.18. The number of hydrogen-bond donors (Lipinski definition) is 1. The molecule has 0 amide bonds. The van der Waals surface area contributed by atoms with E-state index in [1.54, 1.807) is 0 Å². The topological polar surface area (TPSA) is 26.0 Å². The van der Waals surface area contributed by atoms with Gasteiger partial charge in [-0.25, -0.2) is 4.39 Å². The summed E-state index contributed by atoms with van der Waals surface area (Å²) in [6.07, 6.45) is -1.85. The van der Waals surface area contributed by atoms with Gasteiger partial charge in [0.15, 0.2) is 0 Å². The van der Waals surface area contributed by atoms with Gasteiger partial charge in [-0.15, -0.1) is 0 Å². The Hall–Kier alpha value is -1.36. The standard InChI is InChI=1S/C10H9F4N/c11-9-4-3-8(10(12,13)14)6-7(9)2-1-5-15/h1-4,6H,5,15H2. The van der Waals surface area contributed by atoms with Crippen LogP contribution in [0.3, 0.4) is 0 Å². The van der Waals surface area contributed by atoms with Crippen LogP contribution in [0.4, 0.5) is 17.6 Å². The van der Waals surface area contributed by atoms with E-state index in [1.807, 2.05) is 0 Å². The molecule has 0 atom stereocenters. The van der Waals surface area contributed by atoms with E-state index in [9.17, 15) is 17.6 Å². The summed E-state index contributed by atoms with van der Waals surface area (Å²) in [6, 6.07) is 2.25. The van der Waals surface area contributed by atoms with E-state index >= 15 is 0 Å². The highest BCUT2D eigenvalue weighted by atomic mass is 19.4. The van der Waals surface area contributed by atoms with E-state index in [0.29, 0.717) is 6.07 Å². The Balaban J connectivity index is 3.11. The van der Waals surface area contributed by atoms with Gasteiger partial charge in [-0.2, -0.15) is 13.2 Å². The quantitative estimate of drug-likeness (QED) is 0.760. The molecule has 0 heterocycles. The predicted octanol–water partition coefficient (Wildman–Crippen LogP) is 2.82. The lowest BCUT2D eigenvalue weighted by molar-refractivity contribution is -0.137. The molecule has 0 bridgehead atoms. The van der Waals surface area contributed by atoms with Crippen LogP contribution < -0.4 is 5.73 Å². The van der Waals surface area contributed by atoms with Crippen molar-refractivity contribution in [1.82, 2.24) is 0 Å². The molecule has 2 N–H and O–H groups in total. The first kappa shape index (κ1) is 11.7. The van der Waals surface area contributed by atoms with Crippen LogP contribution in [0.2, 0.25) is 0 Å². The normalized spacial score (nSPS) is 12.3. The van der Waals surface area contributed by atoms with Crippen LogP contribution in [-0.4, -0.2) is 6.54 Å². The molecule has 82 valence electrons. The summed E-state index contributed by atoms with van der Waals surface area (Å²) in [7, 11) is 0. The zero-order valence-corrected chi connectivity index (χ0v) is 7.68. The molecule has 1 rings (SSSR count). The van der Waals surface area contributed by atoms with Gasteiger partial charge < -0.3 is 5.73 Å². The average molecular weight is 219 g/mol. The summed E-state index contributed by atoms with van der Waals surface area (Å²) in [6.45, 7) is 0.148. The molecule has 0 unspecified atom stereocenters. The average Bonchev–Trinajstić information content (AvgIpc) is 2.15. The fourth-order valence-corrected chi connectivity index (χ4v) is 1.04. The Kier molecular flexibility index (Phi) is 3.47. The third kappa shape index (κ3) is 3.06. The third-order valence-corrected chi connectivity index (χ3v) is 1.76. The van der Waals surface area contributed by atoms with Gasteiger partial charge in [0.1, 0.15) is 5.82 Å². The molecule has 5 heteroatoms. The van der Waals surface area contributed by atoms with Crippen LogP contribution in [0.1, 0.15) is 11.1 Å². The lowest BCUT2D eigenvalue weighted by Crippen LogP contribution is -2.05. The molecule has 0 radical (unpaired) electrons. The first-order chi connectivity index (χ1) is 6.95. The third-order valence-electron chi connectivity index (χ3n) is 1.76. The molecule has 0 saturated heterocycles. The molecular formula is C10H9F4N. The summed E-state index contributed by atoms with van der Waals surface area (Å²) in [5.74, 6) is -0.701. The summed E-state index contributed by atoms with van der Waals surface area (Å²) in [5.41, 5.74) is 4.13. The van der Waals surface area contributed by atoms with Crippen LogP contribution in [-0.2, 0) is 6.18 Å². The van der Waals surface area contributed by atoms with Gasteiger partial charge in [0.05, 0.1) is 5.56 Å². The molecule has 1 aromatic rings. The highest BCUT2D eigenvalue weighted by Crippen LogP contribution is 2.30. The van der Waals surface area contributed by atoms with Crippen molar-refractivity contribution in [3.8, 4) is 0 Å². The SMILES string of the molecule is NCC=Cc1cc(C(F)(F)F)ccc1F. The largest absolute Gasteiger partial charge is 0.416 e. The van der Waals surface area contributed by atoms with Gasteiger partial charge in [0.2, 0.25) is 0 Å². The van der Waals surface area contributed by atoms with Crippen molar-refractivity contribution >= 4 is 6.08 Å². The molecule has 15 heavy (non-hydrogen) atoms. The molecule has 0 fully saturated rings. The van der Waals surface area contributed by atoms with Crippen molar-refractivity contribution < 1.29 is 17.6 Å². The first-order valence-corrected chi connectivity index (χ1v) is 4.18. The number of benzene rings is 1. The van der Waals surface area contributed by atoms with E-state index in [4.69, 9.17) is 5.73 Å². The number of halogens is 4.